The van der Waals surface area contributed by atoms with Crippen LogP contribution in [0.4, 0.5) is 5.69 Å². The van der Waals surface area contributed by atoms with E-state index >= 15 is 0 Å². The predicted octanol–water partition coefficient (Wildman–Crippen LogP) is 4.14. The number of aliphatic hydroxyl groups excluding tert-OH is 2. The van der Waals surface area contributed by atoms with Gasteiger partial charge in [-0.1, -0.05) is 57.5 Å². The molecule has 0 aromatic heterocycles. The fourth-order valence-electron chi connectivity index (χ4n) is 8.76. The molecule has 8 heteroatoms. The molecule has 43 heavy (non-hydrogen) atoms. The first-order chi connectivity index (χ1) is 20.2. The largest absolute Gasteiger partial charge is 0.393 e. The zero-order valence-electron chi connectivity index (χ0n) is 26.7. The first-order valence-electron chi connectivity index (χ1n) is 15.8. The number of nitrogens with zero attached hydrogens (tertiary/aromatic N) is 1. The number of Topliss-reactive ketones (excluding diaryl/α,β-unsaturated/α-hetero) is 1. The van der Waals surface area contributed by atoms with Crippen molar-refractivity contribution in [1.82, 2.24) is 4.90 Å². The van der Waals surface area contributed by atoms with Crippen molar-refractivity contribution >= 4 is 23.2 Å². The van der Waals surface area contributed by atoms with Gasteiger partial charge in [0.1, 0.15) is 12.2 Å². The summed E-state index contributed by atoms with van der Waals surface area (Å²) in [6, 6.07) is 6.03. The molecule has 3 fully saturated rings. The molecular weight excluding hydrogens is 544 g/mol. The van der Waals surface area contributed by atoms with Gasteiger partial charge in [0.15, 0.2) is 11.6 Å². The summed E-state index contributed by atoms with van der Waals surface area (Å²) in [4.78, 5) is 38.2. The number of likely N-dealkylation sites (N-methyl/N-ethyl adjacent to an activating group) is 1. The minimum absolute atomic E-state index is 0.00912. The van der Waals surface area contributed by atoms with Gasteiger partial charge in [0, 0.05) is 22.4 Å². The number of nitrogens with one attached hydrogen (secondary N) is 1. The van der Waals surface area contributed by atoms with Gasteiger partial charge < -0.3 is 20.6 Å². The lowest BCUT2D eigenvalue weighted by Crippen LogP contribution is -2.61. The second-order valence-electron chi connectivity index (χ2n) is 13.5. The van der Waals surface area contributed by atoms with E-state index < -0.39 is 29.5 Å². The third-order valence-electron chi connectivity index (χ3n) is 11.3. The van der Waals surface area contributed by atoms with E-state index in [4.69, 9.17) is 0 Å². The van der Waals surface area contributed by atoms with Crippen molar-refractivity contribution in [3.8, 4) is 0 Å². The number of allylic oxidation sites excluding steroid dienone is 4. The Balaban J connectivity index is 0.000000217. The third-order valence-corrected chi connectivity index (χ3v) is 11.3. The molecule has 0 heterocycles. The molecule has 3 saturated carbocycles. The SMILES string of the molecule is CCN(CC)CC(=O)Nc1c(C)cccc1C.C[C@]12C=CC(=O)C=C1CC[C@@H]1C2[C@@H](O)C[C@@]2(C)[C@H]1CC[C@]2(O)C(=O)CO. The summed E-state index contributed by atoms with van der Waals surface area (Å²) in [5, 5.41) is 34.7. The summed E-state index contributed by atoms with van der Waals surface area (Å²) in [5.74, 6) is -0.165. The highest BCUT2D eigenvalue weighted by atomic mass is 16.3. The number of amides is 1. The Labute approximate surface area is 256 Å². The van der Waals surface area contributed by atoms with Crippen molar-refractivity contribution in [2.24, 2.45) is 28.6 Å². The second-order valence-corrected chi connectivity index (χ2v) is 13.5. The predicted molar refractivity (Wildman–Crippen MR) is 167 cm³/mol. The quantitative estimate of drug-likeness (QED) is 0.374. The number of rotatable bonds is 7. The number of benzene rings is 1. The highest BCUT2D eigenvalue weighted by molar-refractivity contribution is 6.01. The molecule has 7 atom stereocenters. The molecule has 1 unspecified atom stereocenters. The molecule has 0 spiro atoms. The Bertz CT molecular complexity index is 1280. The maximum atomic E-state index is 12.4. The second kappa shape index (κ2) is 12.8. The van der Waals surface area contributed by atoms with Crippen LogP contribution in [0.2, 0.25) is 0 Å². The molecule has 1 aromatic rings. The molecule has 4 aliphatic rings. The molecular formula is C35H50N2O6. The molecule has 0 bridgehead atoms. The molecule has 1 amide bonds. The molecule has 0 radical (unpaired) electrons. The topological polar surface area (TPSA) is 127 Å². The summed E-state index contributed by atoms with van der Waals surface area (Å²) >= 11 is 0. The zero-order valence-corrected chi connectivity index (χ0v) is 26.7. The van der Waals surface area contributed by atoms with E-state index in [-0.39, 0.29) is 34.9 Å². The van der Waals surface area contributed by atoms with Crippen LogP contribution in [0.25, 0.3) is 0 Å². The Morgan fingerprint density at radius 3 is 2.35 bits per heavy atom. The Kier molecular flexibility index (Phi) is 9.86. The van der Waals surface area contributed by atoms with Crippen LogP contribution in [0.1, 0.15) is 70.9 Å². The van der Waals surface area contributed by atoms with Crippen LogP contribution in [-0.4, -0.2) is 75.6 Å². The van der Waals surface area contributed by atoms with Crippen molar-refractivity contribution in [2.45, 2.75) is 85.4 Å². The van der Waals surface area contributed by atoms with Crippen molar-refractivity contribution in [3.05, 3.63) is 53.1 Å². The van der Waals surface area contributed by atoms with Crippen LogP contribution in [0.5, 0.6) is 0 Å². The van der Waals surface area contributed by atoms with E-state index in [1.165, 1.54) is 0 Å². The fraction of sp³-hybridized carbons (Fsp3) is 0.629. The molecule has 8 nitrogen and oxygen atoms in total. The van der Waals surface area contributed by atoms with E-state index in [0.717, 1.165) is 54.7 Å². The van der Waals surface area contributed by atoms with Crippen molar-refractivity contribution in [3.63, 3.8) is 0 Å². The number of aryl methyl sites for hydroxylation is 2. The lowest BCUT2D eigenvalue weighted by Gasteiger charge is -2.59. The van der Waals surface area contributed by atoms with Gasteiger partial charge >= 0.3 is 0 Å². The van der Waals surface area contributed by atoms with Gasteiger partial charge in [0.2, 0.25) is 5.91 Å². The number of hydrogen-bond acceptors (Lipinski definition) is 7. The van der Waals surface area contributed by atoms with Gasteiger partial charge in [0.05, 0.1) is 12.6 Å². The zero-order chi connectivity index (χ0) is 31.7. The average Bonchev–Trinajstić information content (AvgIpc) is 3.24. The van der Waals surface area contributed by atoms with Crippen LogP contribution in [0.3, 0.4) is 0 Å². The van der Waals surface area contributed by atoms with Crippen LogP contribution in [0, 0.1) is 42.4 Å². The highest BCUT2D eigenvalue weighted by Crippen LogP contribution is 2.67. The van der Waals surface area contributed by atoms with Gasteiger partial charge in [-0.05, 0) is 94.2 Å². The Hall–Kier alpha value is -2.65. The first-order valence-corrected chi connectivity index (χ1v) is 15.8. The number of anilines is 1. The number of para-hydroxylation sites is 1. The van der Waals surface area contributed by atoms with Crippen LogP contribution >= 0.6 is 0 Å². The molecule has 236 valence electrons. The van der Waals surface area contributed by atoms with Crippen LogP contribution < -0.4 is 5.32 Å². The van der Waals surface area contributed by atoms with Crippen LogP contribution in [-0.2, 0) is 14.4 Å². The van der Waals surface area contributed by atoms with E-state index in [1.807, 2.05) is 45.0 Å². The Morgan fingerprint density at radius 2 is 1.74 bits per heavy atom. The van der Waals surface area contributed by atoms with Gasteiger partial charge in [-0.2, -0.15) is 0 Å². The summed E-state index contributed by atoms with van der Waals surface area (Å²) in [5.41, 5.74) is 1.63. The lowest BCUT2D eigenvalue weighted by molar-refractivity contribution is -0.178. The monoisotopic (exact) mass is 594 g/mol. The number of ketones is 2. The van der Waals surface area contributed by atoms with Crippen LogP contribution in [0.15, 0.2) is 42.0 Å². The van der Waals surface area contributed by atoms with E-state index in [1.54, 1.807) is 12.2 Å². The highest BCUT2D eigenvalue weighted by Gasteiger charge is 2.67. The van der Waals surface area contributed by atoms with E-state index in [0.29, 0.717) is 19.4 Å². The molecule has 1 aromatic carbocycles. The van der Waals surface area contributed by atoms with E-state index in [2.05, 4.69) is 31.0 Å². The smallest absolute Gasteiger partial charge is 0.238 e. The normalized spacial score (nSPS) is 34.4. The maximum absolute atomic E-state index is 12.4. The molecule has 0 saturated heterocycles. The molecule has 4 aliphatic carbocycles. The van der Waals surface area contributed by atoms with Crippen molar-refractivity contribution in [1.29, 1.82) is 0 Å². The van der Waals surface area contributed by atoms with Crippen molar-refractivity contribution < 1.29 is 29.7 Å². The number of carbonyl (C=O) groups excluding carboxylic acids is 3. The van der Waals surface area contributed by atoms with Gasteiger partial charge in [0.25, 0.3) is 0 Å². The summed E-state index contributed by atoms with van der Waals surface area (Å²) in [6.07, 6.45) is 7.68. The first kappa shape index (κ1) is 33.2. The number of carbonyl (C=O) groups is 3. The minimum atomic E-state index is -1.56. The summed E-state index contributed by atoms with van der Waals surface area (Å²) < 4.78 is 0. The summed E-state index contributed by atoms with van der Waals surface area (Å²) in [7, 11) is 0. The molecule has 5 rings (SSSR count). The number of fused-ring (bicyclic) bond motifs is 5. The lowest BCUT2D eigenvalue weighted by atomic mass is 9.46. The fourth-order valence-corrected chi connectivity index (χ4v) is 8.76. The molecule has 0 aliphatic heterocycles. The van der Waals surface area contributed by atoms with Gasteiger partial charge in [-0.3, -0.25) is 19.3 Å². The van der Waals surface area contributed by atoms with E-state index in [9.17, 15) is 29.7 Å². The number of aliphatic hydroxyl groups is 3. The van der Waals surface area contributed by atoms with Gasteiger partial charge in [-0.25, -0.2) is 0 Å². The average molecular weight is 595 g/mol. The maximum Gasteiger partial charge on any atom is 0.238 e. The summed E-state index contributed by atoms with van der Waals surface area (Å²) in [6.45, 7) is 13.8. The minimum Gasteiger partial charge on any atom is -0.393 e. The van der Waals surface area contributed by atoms with Gasteiger partial charge in [-0.15, -0.1) is 0 Å². The third kappa shape index (κ3) is 5.91. The standard InChI is InChI=1S/C21H28O5.C14H22N2O/c1-19-7-5-13(23)9-12(19)3-4-14-15-6-8-21(26,17(25)11-22)20(15,2)10-16(24)18(14)19;1-5-16(6-2)10-13(17)15-14-11(3)8-7-9-12(14)4/h5,7,9,14-16,18,22,24,26H,3-4,6,8,10-11H2,1-2H3;7-9H,5-6,10H2,1-4H3,(H,15,17)/t14-,15-,16-,18?,19-,20-,21-;/m0./s1. The van der Waals surface area contributed by atoms with Crippen molar-refractivity contribution in [2.75, 3.05) is 31.6 Å². The Morgan fingerprint density at radius 1 is 1.09 bits per heavy atom. The molecule has 4 N–H and O–H groups in total. The number of hydrogen-bond donors (Lipinski definition) is 4.